The molecule has 2 aliphatic heterocycles. The number of benzene rings is 1. The van der Waals surface area contributed by atoms with E-state index in [9.17, 15) is 4.79 Å². The van der Waals surface area contributed by atoms with Gasteiger partial charge >= 0.3 is 0 Å². The monoisotopic (exact) mass is 380 g/mol. The molecular formula is C19H20N6O3. The highest BCUT2D eigenvalue weighted by molar-refractivity contribution is 5.84. The molecule has 1 atom stereocenters. The molecule has 28 heavy (non-hydrogen) atoms. The Morgan fingerprint density at radius 2 is 2.18 bits per heavy atom. The van der Waals surface area contributed by atoms with Gasteiger partial charge in [0, 0.05) is 19.6 Å². The van der Waals surface area contributed by atoms with Crippen molar-refractivity contribution in [2.24, 2.45) is 5.92 Å². The van der Waals surface area contributed by atoms with Crippen LogP contribution in [0.1, 0.15) is 18.4 Å². The fourth-order valence-corrected chi connectivity index (χ4v) is 3.76. The lowest BCUT2D eigenvalue weighted by Gasteiger charge is -2.32. The van der Waals surface area contributed by atoms with Crippen molar-refractivity contribution in [3.8, 4) is 11.5 Å². The van der Waals surface area contributed by atoms with E-state index in [2.05, 4.69) is 30.2 Å². The minimum Gasteiger partial charge on any atom is -0.454 e. The molecule has 2 aliphatic rings. The molecule has 144 valence electrons. The molecule has 0 spiro atoms. The molecule has 0 radical (unpaired) electrons. The molecule has 2 aromatic heterocycles. The van der Waals surface area contributed by atoms with Crippen LogP contribution in [0.2, 0.25) is 0 Å². The summed E-state index contributed by atoms with van der Waals surface area (Å²) in [6.07, 6.45) is 4.92. The van der Waals surface area contributed by atoms with E-state index in [1.807, 2.05) is 18.2 Å². The number of ether oxygens (including phenoxy) is 2. The number of carbonyl (C=O) groups excluding carboxylic acids is 1. The molecule has 4 heterocycles. The van der Waals surface area contributed by atoms with Gasteiger partial charge in [0.2, 0.25) is 12.7 Å². The zero-order valence-electron chi connectivity index (χ0n) is 15.2. The van der Waals surface area contributed by atoms with Crippen LogP contribution in [0, 0.1) is 5.92 Å². The molecule has 0 aliphatic carbocycles. The highest BCUT2D eigenvalue weighted by Crippen LogP contribution is 2.32. The summed E-state index contributed by atoms with van der Waals surface area (Å²) in [6, 6.07) is 5.72. The number of carbonyl (C=O) groups is 1. The Balaban J connectivity index is 1.25. The molecule has 1 aromatic carbocycles. The zero-order chi connectivity index (χ0) is 18.9. The quantitative estimate of drug-likeness (QED) is 0.708. The second-order valence-electron chi connectivity index (χ2n) is 6.99. The molecule has 3 aromatic rings. The van der Waals surface area contributed by atoms with E-state index in [0.29, 0.717) is 18.7 Å². The number of fused-ring (bicyclic) bond motifs is 2. The summed E-state index contributed by atoms with van der Waals surface area (Å²) in [4.78, 5) is 30.7. The zero-order valence-corrected chi connectivity index (χ0v) is 15.2. The minimum absolute atomic E-state index is 0.0530. The highest BCUT2D eigenvalue weighted by Gasteiger charge is 2.28. The average Bonchev–Trinajstić information content (AvgIpc) is 3.40. The van der Waals surface area contributed by atoms with Crippen LogP contribution in [0.3, 0.4) is 0 Å². The Kier molecular flexibility index (Phi) is 4.19. The van der Waals surface area contributed by atoms with Gasteiger partial charge in [-0.25, -0.2) is 15.0 Å². The minimum atomic E-state index is -0.0873. The van der Waals surface area contributed by atoms with Gasteiger partial charge in [0.25, 0.3) is 0 Å². The third kappa shape index (κ3) is 3.08. The first-order valence-electron chi connectivity index (χ1n) is 9.33. The number of H-pyrrole nitrogens is 1. The van der Waals surface area contributed by atoms with Crippen LogP contribution in [-0.2, 0) is 11.3 Å². The first-order valence-corrected chi connectivity index (χ1v) is 9.33. The number of amides is 1. The van der Waals surface area contributed by atoms with Gasteiger partial charge in [-0.05, 0) is 30.5 Å². The van der Waals surface area contributed by atoms with Crippen LogP contribution in [0.5, 0.6) is 11.5 Å². The fourth-order valence-electron chi connectivity index (χ4n) is 3.76. The standard InChI is InChI=1S/C19H20N6O3/c26-19(20-7-12-3-4-14-15(6-12)28-11-27-14)13-2-1-5-25(8-13)18-16-17(22-9-21-16)23-10-24-18/h3-4,6,9-10,13H,1-2,5,7-8,11H2,(H,20,26)(H,21,22,23,24). The van der Waals surface area contributed by atoms with Gasteiger partial charge in [0.05, 0.1) is 12.2 Å². The topological polar surface area (TPSA) is 105 Å². The Hall–Kier alpha value is -3.36. The predicted molar refractivity (Wildman–Crippen MR) is 101 cm³/mol. The van der Waals surface area contributed by atoms with Gasteiger partial charge in [-0.2, -0.15) is 0 Å². The van der Waals surface area contributed by atoms with Gasteiger partial charge in [0.15, 0.2) is 23.0 Å². The van der Waals surface area contributed by atoms with Gasteiger partial charge in [-0.15, -0.1) is 0 Å². The molecule has 1 amide bonds. The number of hydrogen-bond donors (Lipinski definition) is 2. The number of piperidine rings is 1. The Morgan fingerprint density at radius 1 is 1.25 bits per heavy atom. The predicted octanol–water partition coefficient (Wildman–Crippen LogP) is 1.61. The number of anilines is 1. The number of aromatic amines is 1. The molecule has 5 rings (SSSR count). The molecule has 9 nitrogen and oxygen atoms in total. The van der Waals surface area contributed by atoms with Crippen molar-refractivity contribution in [2.75, 3.05) is 24.8 Å². The van der Waals surface area contributed by atoms with Gasteiger partial charge < -0.3 is 24.7 Å². The van der Waals surface area contributed by atoms with Crippen molar-refractivity contribution < 1.29 is 14.3 Å². The number of rotatable bonds is 4. The van der Waals surface area contributed by atoms with Crippen LogP contribution < -0.4 is 19.7 Å². The lowest BCUT2D eigenvalue weighted by atomic mass is 9.97. The lowest BCUT2D eigenvalue weighted by molar-refractivity contribution is -0.125. The maximum Gasteiger partial charge on any atom is 0.231 e. The number of imidazole rings is 1. The molecule has 9 heteroatoms. The van der Waals surface area contributed by atoms with Crippen LogP contribution in [0.25, 0.3) is 11.2 Å². The third-order valence-corrected chi connectivity index (χ3v) is 5.20. The van der Waals surface area contributed by atoms with Crippen LogP contribution in [0.15, 0.2) is 30.9 Å². The summed E-state index contributed by atoms with van der Waals surface area (Å²) in [5, 5.41) is 3.05. The van der Waals surface area contributed by atoms with E-state index in [1.54, 1.807) is 6.33 Å². The maximum absolute atomic E-state index is 12.7. The van der Waals surface area contributed by atoms with Crippen LogP contribution in [0.4, 0.5) is 5.82 Å². The van der Waals surface area contributed by atoms with E-state index < -0.39 is 0 Å². The Labute approximate surface area is 161 Å². The largest absolute Gasteiger partial charge is 0.454 e. The van der Waals surface area contributed by atoms with E-state index in [1.165, 1.54) is 6.33 Å². The molecule has 1 unspecified atom stereocenters. The molecule has 0 saturated carbocycles. The van der Waals surface area contributed by atoms with Crippen molar-refractivity contribution in [1.29, 1.82) is 0 Å². The van der Waals surface area contributed by atoms with Gasteiger partial charge in [0.1, 0.15) is 11.8 Å². The smallest absolute Gasteiger partial charge is 0.231 e. The fraction of sp³-hybridized carbons (Fsp3) is 0.368. The van der Waals surface area contributed by atoms with Crippen LogP contribution >= 0.6 is 0 Å². The second kappa shape index (κ2) is 6.99. The van der Waals surface area contributed by atoms with Crippen molar-refractivity contribution in [2.45, 2.75) is 19.4 Å². The first kappa shape index (κ1) is 16.8. The Morgan fingerprint density at radius 3 is 3.14 bits per heavy atom. The SMILES string of the molecule is O=C(NCc1ccc2c(c1)OCO2)C1CCCN(c2ncnc3nc[nH]c23)C1. The van der Waals surface area contributed by atoms with Crippen molar-refractivity contribution in [3.63, 3.8) is 0 Å². The van der Waals surface area contributed by atoms with Crippen molar-refractivity contribution in [3.05, 3.63) is 36.4 Å². The number of hydrogen-bond acceptors (Lipinski definition) is 7. The van der Waals surface area contributed by atoms with E-state index in [-0.39, 0.29) is 18.6 Å². The molecule has 2 N–H and O–H groups in total. The van der Waals surface area contributed by atoms with Gasteiger partial charge in [-0.3, -0.25) is 4.79 Å². The third-order valence-electron chi connectivity index (χ3n) is 5.20. The molecule has 1 fully saturated rings. The van der Waals surface area contributed by atoms with Crippen molar-refractivity contribution >= 4 is 22.9 Å². The first-order chi connectivity index (χ1) is 13.8. The molecule has 0 bridgehead atoms. The summed E-state index contributed by atoms with van der Waals surface area (Å²) in [5.74, 6) is 2.24. The summed E-state index contributed by atoms with van der Waals surface area (Å²) in [6.45, 7) is 2.19. The van der Waals surface area contributed by atoms with E-state index in [4.69, 9.17) is 9.47 Å². The van der Waals surface area contributed by atoms with Crippen LogP contribution in [-0.4, -0.2) is 45.7 Å². The summed E-state index contributed by atoms with van der Waals surface area (Å²) >= 11 is 0. The highest BCUT2D eigenvalue weighted by atomic mass is 16.7. The molecule has 1 saturated heterocycles. The summed E-state index contributed by atoms with van der Waals surface area (Å²) in [5.41, 5.74) is 2.43. The summed E-state index contributed by atoms with van der Waals surface area (Å²) < 4.78 is 10.7. The Bertz CT molecular complexity index is 1020. The van der Waals surface area contributed by atoms with Gasteiger partial charge in [-0.1, -0.05) is 6.07 Å². The van der Waals surface area contributed by atoms with E-state index >= 15 is 0 Å². The summed E-state index contributed by atoms with van der Waals surface area (Å²) in [7, 11) is 0. The molecular weight excluding hydrogens is 360 g/mol. The van der Waals surface area contributed by atoms with E-state index in [0.717, 1.165) is 47.8 Å². The number of nitrogens with zero attached hydrogens (tertiary/aromatic N) is 4. The number of aromatic nitrogens is 4. The average molecular weight is 380 g/mol. The lowest BCUT2D eigenvalue weighted by Crippen LogP contribution is -2.43. The normalized spacial score (nSPS) is 18.4. The van der Waals surface area contributed by atoms with Crippen molar-refractivity contribution in [1.82, 2.24) is 25.3 Å². The second-order valence-corrected chi connectivity index (χ2v) is 6.99. The maximum atomic E-state index is 12.7. The number of nitrogens with one attached hydrogen (secondary N) is 2.